The highest BCUT2D eigenvalue weighted by Gasteiger charge is 2.44. The molecule has 2 aromatic rings. The van der Waals surface area contributed by atoms with Crippen LogP contribution in [-0.2, 0) is 22.4 Å². The molecule has 0 spiro atoms. The smallest absolute Gasteiger partial charge is 0.186 e. The molecule has 1 aliphatic heterocycles. The highest BCUT2D eigenvalue weighted by molar-refractivity contribution is 6.30. The Labute approximate surface area is 167 Å². The van der Waals surface area contributed by atoms with E-state index in [2.05, 4.69) is 35.5 Å². The Balaban J connectivity index is 1.72. The molecule has 27 heavy (non-hydrogen) atoms. The molecule has 1 aromatic heterocycles. The van der Waals surface area contributed by atoms with Gasteiger partial charge in [-0.25, -0.2) is 4.98 Å². The van der Waals surface area contributed by atoms with Crippen LogP contribution in [0.4, 0.5) is 0 Å². The fourth-order valence-corrected chi connectivity index (χ4v) is 4.21. The van der Waals surface area contributed by atoms with Gasteiger partial charge in [-0.2, -0.15) is 0 Å². The van der Waals surface area contributed by atoms with Crippen LogP contribution in [0.5, 0.6) is 0 Å². The Bertz CT molecular complexity index is 669. The molecule has 3 rings (SSSR count). The number of hydrogen-bond donors (Lipinski definition) is 0. The lowest BCUT2D eigenvalue weighted by Gasteiger charge is -2.47. The second-order valence-electron chi connectivity index (χ2n) is 7.85. The summed E-state index contributed by atoms with van der Waals surface area (Å²) in [4.78, 5) is 4.17. The third kappa shape index (κ3) is 5.34. The average molecular weight is 391 g/mol. The van der Waals surface area contributed by atoms with Crippen molar-refractivity contribution in [3.8, 4) is 0 Å². The fraction of sp³-hybridized carbons (Fsp3) is 0.591. The van der Waals surface area contributed by atoms with E-state index < -0.39 is 5.79 Å². The average Bonchev–Trinajstić information content (AvgIpc) is 3.17. The summed E-state index contributed by atoms with van der Waals surface area (Å²) in [6.07, 6.45) is 11.9. The molecule has 4 nitrogen and oxygen atoms in total. The van der Waals surface area contributed by atoms with Crippen LogP contribution in [0.25, 0.3) is 0 Å². The first-order valence-corrected chi connectivity index (χ1v) is 10.4. The molecular formula is C22H31ClN2O2. The Morgan fingerprint density at radius 2 is 1.70 bits per heavy atom. The normalized spacial score (nSPS) is 18.5. The van der Waals surface area contributed by atoms with Gasteiger partial charge in [0.25, 0.3) is 0 Å². The van der Waals surface area contributed by atoms with Crippen LogP contribution < -0.4 is 0 Å². The zero-order valence-electron chi connectivity index (χ0n) is 16.5. The number of imidazole rings is 1. The van der Waals surface area contributed by atoms with Gasteiger partial charge in [0.05, 0.1) is 26.1 Å². The first-order valence-electron chi connectivity index (χ1n) is 10.1. The van der Waals surface area contributed by atoms with E-state index in [1.807, 2.05) is 24.7 Å². The maximum absolute atomic E-state index is 6.51. The summed E-state index contributed by atoms with van der Waals surface area (Å²) >= 11 is 6.01. The van der Waals surface area contributed by atoms with Crippen molar-refractivity contribution in [3.05, 3.63) is 53.6 Å². The first-order chi connectivity index (χ1) is 13.1. The van der Waals surface area contributed by atoms with Gasteiger partial charge in [0, 0.05) is 29.3 Å². The molecule has 0 bridgehead atoms. The number of aromatic nitrogens is 2. The van der Waals surface area contributed by atoms with E-state index in [-0.39, 0.29) is 5.41 Å². The number of halogens is 1. The van der Waals surface area contributed by atoms with Gasteiger partial charge in [0.15, 0.2) is 5.79 Å². The second-order valence-corrected chi connectivity index (χ2v) is 8.29. The van der Waals surface area contributed by atoms with Gasteiger partial charge in [-0.15, -0.1) is 0 Å². The van der Waals surface area contributed by atoms with Crippen molar-refractivity contribution in [3.63, 3.8) is 0 Å². The zero-order chi connectivity index (χ0) is 19.2. The molecule has 5 heteroatoms. The van der Waals surface area contributed by atoms with E-state index in [1.54, 1.807) is 6.20 Å². The second kappa shape index (κ2) is 9.22. The summed E-state index contributed by atoms with van der Waals surface area (Å²) in [7, 11) is 0. The number of hydrogen-bond acceptors (Lipinski definition) is 3. The van der Waals surface area contributed by atoms with Crippen molar-refractivity contribution in [1.29, 1.82) is 0 Å². The minimum absolute atomic E-state index is 0.155. The van der Waals surface area contributed by atoms with E-state index >= 15 is 0 Å². The summed E-state index contributed by atoms with van der Waals surface area (Å²) < 4.78 is 15.1. The van der Waals surface area contributed by atoms with Crippen LogP contribution in [0.2, 0.25) is 5.02 Å². The summed E-state index contributed by atoms with van der Waals surface area (Å²) in [5.74, 6) is -0.606. The maximum atomic E-state index is 6.51. The van der Waals surface area contributed by atoms with E-state index in [4.69, 9.17) is 21.1 Å². The maximum Gasteiger partial charge on any atom is 0.186 e. The molecule has 2 heterocycles. The molecule has 1 saturated heterocycles. The Morgan fingerprint density at radius 1 is 1.04 bits per heavy atom. The molecule has 0 aliphatic carbocycles. The van der Waals surface area contributed by atoms with Crippen molar-refractivity contribution in [2.45, 2.75) is 64.7 Å². The molecule has 0 saturated carbocycles. The van der Waals surface area contributed by atoms with Crippen molar-refractivity contribution >= 4 is 11.6 Å². The Kier molecular flexibility index (Phi) is 6.96. The van der Waals surface area contributed by atoms with Gasteiger partial charge in [0.2, 0.25) is 0 Å². The largest absolute Gasteiger partial charge is 0.347 e. The van der Waals surface area contributed by atoms with Gasteiger partial charge < -0.3 is 14.0 Å². The number of rotatable bonds is 9. The monoisotopic (exact) mass is 390 g/mol. The molecule has 0 radical (unpaired) electrons. The Morgan fingerprint density at radius 3 is 2.26 bits per heavy atom. The highest BCUT2D eigenvalue weighted by atomic mass is 35.5. The predicted octanol–water partition coefficient (Wildman–Crippen LogP) is 5.50. The quantitative estimate of drug-likeness (QED) is 0.567. The van der Waals surface area contributed by atoms with Crippen LogP contribution in [0.1, 0.15) is 51.5 Å². The lowest BCUT2D eigenvalue weighted by Crippen LogP contribution is -2.52. The van der Waals surface area contributed by atoms with E-state index in [9.17, 15) is 0 Å². The topological polar surface area (TPSA) is 36.3 Å². The van der Waals surface area contributed by atoms with E-state index in [0.717, 1.165) is 56.8 Å². The third-order valence-corrected chi connectivity index (χ3v) is 5.79. The number of benzene rings is 1. The molecule has 0 atom stereocenters. The van der Waals surface area contributed by atoms with Crippen molar-refractivity contribution < 1.29 is 9.47 Å². The molecule has 148 valence electrons. The molecule has 0 unspecified atom stereocenters. The molecule has 1 fully saturated rings. The minimum Gasteiger partial charge on any atom is -0.347 e. The van der Waals surface area contributed by atoms with Gasteiger partial charge in [-0.05, 0) is 37.0 Å². The van der Waals surface area contributed by atoms with Crippen LogP contribution in [0.3, 0.4) is 0 Å². The van der Waals surface area contributed by atoms with Crippen LogP contribution >= 0.6 is 11.6 Å². The van der Waals surface area contributed by atoms with Crippen molar-refractivity contribution in [2.75, 3.05) is 13.2 Å². The molecule has 0 amide bonds. The SMILES string of the molecule is CCCC1(CCC)COC(CCc2ccc(Cl)cc2)(Cn2ccnc2)OC1. The number of ether oxygens (including phenoxy) is 2. The van der Waals surface area contributed by atoms with E-state index in [0.29, 0.717) is 6.54 Å². The lowest BCUT2D eigenvalue weighted by molar-refractivity contribution is -0.314. The molecular weight excluding hydrogens is 360 g/mol. The fourth-order valence-electron chi connectivity index (χ4n) is 4.09. The summed E-state index contributed by atoms with van der Waals surface area (Å²) in [5.41, 5.74) is 1.40. The van der Waals surface area contributed by atoms with Crippen LogP contribution in [0.15, 0.2) is 43.0 Å². The standard InChI is InChI=1S/C22H31ClN2O2/c1-3-10-21(11-4-2)16-26-22(27-17-21,15-25-14-13-24-18-25)12-9-19-5-7-20(23)8-6-19/h5-8,13-14,18H,3-4,9-12,15-17H2,1-2H3. The van der Waals surface area contributed by atoms with Gasteiger partial charge >= 0.3 is 0 Å². The summed E-state index contributed by atoms with van der Waals surface area (Å²) in [6.45, 7) is 6.68. The van der Waals surface area contributed by atoms with Crippen molar-refractivity contribution in [2.24, 2.45) is 5.41 Å². The van der Waals surface area contributed by atoms with Crippen LogP contribution in [0, 0.1) is 5.41 Å². The highest BCUT2D eigenvalue weighted by Crippen LogP contribution is 2.40. The Hall–Kier alpha value is -1.36. The molecule has 1 aliphatic rings. The number of nitrogens with zero attached hydrogens (tertiary/aromatic N) is 2. The zero-order valence-corrected chi connectivity index (χ0v) is 17.3. The number of aryl methyl sites for hydroxylation is 1. The van der Waals surface area contributed by atoms with E-state index in [1.165, 1.54) is 5.56 Å². The summed E-state index contributed by atoms with van der Waals surface area (Å²) in [5, 5.41) is 0.765. The minimum atomic E-state index is -0.606. The third-order valence-electron chi connectivity index (χ3n) is 5.53. The summed E-state index contributed by atoms with van der Waals surface area (Å²) in [6, 6.07) is 8.04. The van der Waals surface area contributed by atoms with Gasteiger partial charge in [-0.3, -0.25) is 0 Å². The van der Waals surface area contributed by atoms with Gasteiger partial charge in [-0.1, -0.05) is 50.4 Å². The molecule has 1 aromatic carbocycles. The van der Waals surface area contributed by atoms with Crippen LogP contribution in [-0.4, -0.2) is 28.6 Å². The lowest BCUT2D eigenvalue weighted by atomic mass is 9.79. The first kappa shape index (κ1) is 20.4. The van der Waals surface area contributed by atoms with Gasteiger partial charge in [0.1, 0.15) is 0 Å². The van der Waals surface area contributed by atoms with Crippen molar-refractivity contribution in [1.82, 2.24) is 9.55 Å². The predicted molar refractivity (Wildman–Crippen MR) is 109 cm³/mol. The molecule has 0 N–H and O–H groups in total.